The van der Waals surface area contributed by atoms with E-state index in [2.05, 4.69) is 34.7 Å². The quantitative estimate of drug-likeness (QED) is 0.274. The van der Waals surface area contributed by atoms with Gasteiger partial charge in [0.25, 0.3) is 5.24 Å². The van der Waals surface area contributed by atoms with E-state index in [0.29, 0.717) is 25.4 Å². The average Bonchev–Trinajstić information content (AvgIpc) is 3.16. The zero-order valence-electron chi connectivity index (χ0n) is 18.2. The minimum absolute atomic E-state index is 0.231. The largest absolute Gasteiger partial charge is 0.490 e. The van der Waals surface area contributed by atoms with Crippen molar-refractivity contribution < 1.29 is 19.2 Å². The molecule has 0 spiro atoms. The summed E-state index contributed by atoms with van der Waals surface area (Å²) < 4.78 is 5.70. The summed E-state index contributed by atoms with van der Waals surface area (Å²) in [6.45, 7) is 2.59. The molecule has 6 nitrogen and oxygen atoms in total. The summed E-state index contributed by atoms with van der Waals surface area (Å²) in [5, 5.41) is 5.86. The molecule has 168 valence electrons. The number of oxime groups is 1. The number of hydrogen-bond acceptors (Lipinski definition) is 6. The maximum absolute atomic E-state index is 11.7. The van der Waals surface area contributed by atoms with Crippen LogP contribution in [-0.4, -0.2) is 35.3 Å². The number of carbonyl (C=O) groups excluding carboxylic acids is 2. The van der Waals surface area contributed by atoms with Crippen LogP contribution >= 0.6 is 11.8 Å². The van der Waals surface area contributed by atoms with Crippen LogP contribution in [0, 0.1) is 0 Å². The van der Waals surface area contributed by atoms with Gasteiger partial charge in [0, 0.05) is 0 Å². The monoisotopic (exact) mass is 460 g/mol. The molecule has 0 aromatic heterocycles. The molecule has 4 rings (SSSR count). The molecule has 1 saturated heterocycles. The fourth-order valence-electron chi connectivity index (χ4n) is 3.41. The van der Waals surface area contributed by atoms with E-state index in [9.17, 15) is 9.59 Å². The molecule has 0 saturated carbocycles. The fourth-order valence-corrected chi connectivity index (χ4v) is 4.27. The Bertz CT molecular complexity index is 1150. The van der Waals surface area contributed by atoms with E-state index in [1.54, 1.807) is 0 Å². The number of carbonyl (C=O) groups is 2. The van der Waals surface area contributed by atoms with Gasteiger partial charge in [0.2, 0.25) is 5.91 Å². The van der Waals surface area contributed by atoms with Crippen molar-refractivity contribution in [1.29, 1.82) is 0 Å². The minimum Gasteiger partial charge on any atom is -0.490 e. The van der Waals surface area contributed by atoms with Gasteiger partial charge < -0.3 is 9.57 Å². The smallest absolute Gasteiger partial charge is 0.286 e. The van der Waals surface area contributed by atoms with E-state index in [-0.39, 0.29) is 16.4 Å². The molecule has 1 aliphatic rings. The number of nitrogens with one attached hydrogen (secondary N) is 1. The topological polar surface area (TPSA) is 77.0 Å². The maximum atomic E-state index is 11.7. The summed E-state index contributed by atoms with van der Waals surface area (Å²) in [6.07, 6.45) is 0.505. The third kappa shape index (κ3) is 6.23. The lowest BCUT2D eigenvalue weighted by Crippen LogP contribution is -2.25. The molecule has 1 aliphatic heterocycles. The SMILES string of the molecule is C/C(=N/OCCOc1ccc(CC2SC(=O)NC2=O)cc1)c1cccc(-c2ccccc2)c1. The Hall–Kier alpha value is -3.58. The Morgan fingerprint density at radius 3 is 2.42 bits per heavy atom. The second kappa shape index (κ2) is 10.8. The molecule has 2 amide bonds. The van der Waals surface area contributed by atoms with Crippen molar-refractivity contribution in [3.8, 4) is 16.9 Å². The number of benzene rings is 3. The summed E-state index contributed by atoms with van der Waals surface area (Å²) in [6, 6.07) is 25.9. The number of ether oxygens (including phenoxy) is 1. The van der Waals surface area contributed by atoms with Gasteiger partial charge in [-0.15, -0.1) is 0 Å². The van der Waals surface area contributed by atoms with Gasteiger partial charge in [-0.05, 0) is 53.8 Å². The lowest BCUT2D eigenvalue weighted by molar-refractivity contribution is -0.118. The molecule has 1 atom stereocenters. The Balaban J connectivity index is 1.23. The summed E-state index contributed by atoms with van der Waals surface area (Å²) in [5.74, 6) is 0.475. The molecule has 1 heterocycles. The first-order chi connectivity index (χ1) is 16.1. The first-order valence-corrected chi connectivity index (χ1v) is 11.5. The van der Waals surface area contributed by atoms with Gasteiger partial charge in [0.1, 0.15) is 12.4 Å². The fraction of sp³-hybridized carbons (Fsp3) is 0.192. The first-order valence-electron chi connectivity index (χ1n) is 10.6. The van der Waals surface area contributed by atoms with Crippen LogP contribution in [0.25, 0.3) is 11.1 Å². The summed E-state index contributed by atoms with van der Waals surface area (Å²) in [7, 11) is 0. The molecule has 0 radical (unpaired) electrons. The highest BCUT2D eigenvalue weighted by atomic mass is 32.2. The van der Waals surface area contributed by atoms with Gasteiger partial charge in [-0.25, -0.2) is 0 Å². The predicted octanol–water partition coefficient (Wildman–Crippen LogP) is 5.07. The molecule has 33 heavy (non-hydrogen) atoms. The van der Waals surface area contributed by atoms with Crippen LogP contribution in [0.2, 0.25) is 0 Å². The van der Waals surface area contributed by atoms with Gasteiger partial charge in [-0.2, -0.15) is 0 Å². The van der Waals surface area contributed by atoms with Crippen LogP contribution in [0.1, 0.15) is 18.1 Å². The van der Waals surface area contributed by atoms with Gasteiger partial charge in [0.15, 0.2) is 6.61 Å². The van der Waals surface area contributed by atoms with Crippen molar-refractivity contribution in [2.75, 3.05) is 13.2 Å². The minimum atomic E-state index is -0.368. The number of imide groups is 1. The normalized spacial score (nSPS) is 15.9. The Labute approximate surface area is 197 Å². The lowest BCUT2D eigenvalue weighted by Gasteiger charge is -2.09. The molecule has 0 aliphatic carbocycles. The molecular formula is C26H24N2O4S. The molecule has 3 aromatic carbocycles. The predicted molar refractivity (Wildman–Crippen MR) is 131 cm³/mol. The highest BCUT2D eigenvalue weighted by Crippen LogP contribution is 2.24. The van der Waals surface area contributed by atoms with Crippen molar-refractivity contribution >= 4 is 28.6 Å². The van der Waals surface area contributed by atoms with E-state index >= 15 is 0 Å². The van der Waals surface area contributed by atoms with Crippen molar-refractivity contribution in [1.82, 2.24) is 5.32 Å². The number of nitrogens with zero attached hydrogens (tertiary/aromatic N) is 1. The van der Waals surface area contributed by atoms with Crippen LogP contribution in [0.3, 0.4) is 0 Å². The number of amides is 2. The number of rotatable bonds is 9. The summed E-state index contributed by atoms with van der Waals surface area (Å²) in [4.78, 5) is 28.4. The lowest BCUT2D eigenvalue weighted by atomic mass is 10.0. The van der Waals surface area contributed by atoms with Gasteiger partial charge in [-0.3, -0.25) is 14.9 Å². The van der Waals surface area contributed by atoms with Crippen LogP contribution in [0.4, 0.5) is 4.79 Å². The highest BCUT2D eigenvalue weighted by molar-refractivity contribution is 8.15. The second-order valence-electron chi connectivity index (χ2n) is 7.54. The van der Waals surface area contributed by atoms with E-state index in [1.165, 1.54) is 0 Å². The average molecular weight is 461 g/mol. The molecule has 1 unspecified atom stereocenters. The molecule has 1 fully saturated rings. The molecule has 0 bridgehead atoms. The van der Waals surface area contributed by atoms with E-state index in [1.807, 2.05) is 61.5 Å². The second-order valence-corrected chi connectivity index (χ2v) is 8.71. The van der Waals surface area contributed by atoms with Crippen LogP contribution in [0.5, 0.6) is 5.75 Å². The zero-order chi connectivity index (χ0) is 23.0. The van der Waals surface area contributed by atoms with Gasteiger partial charge >= 0.3 is 0 Å². The Morgan fingerprint density at radius 1 is 0.939 bits per heavy atom. The molecule has 7 heteroatoms. The Morgan fingerprint density at radius 2 is 1.70 bits per heavy atom. The molecular weight excluding hydrogens is 436 g/mol. The van der Waals surface area contributed by atoms with E-state index < -0.39 is 0 Å². The Kier molecular flexibility index (Phi) is 7.42. The first kappa shape index (κ1) is 22.6. The van der Waals surface area contributed by atoms with Crippen LogP contribution in [-0.2, 0) is 16.1 Å². The van der Waals surface area contributed by atoms with E-state index in [0.717, 1.165) is 39.7 Å². The molecule has 1 N–H and O–H groups in total. The van der Waals surface area contributed by atoms with Gasteiger partial charge in [0.05, 0.1) is 11.0 Å². The van der Waals surface area contributed by atoms with Crippen molar-refractivity contribution in [2.24, 2.45) is 5.16 Å². The van der Waals surface area contributed by atoms with Crippen molar-refractivity contribution in [3.63, 3.8) is 0 Å². The van der Waals surface area contributed by atoms with Crippen LogP contribution < -0.4 is 10.1 Å². The summed E-state index contributed by atoms with van der Waals surface area (Å²) in [5.41, 5.74) is 5.06. The summed E-state index contributed by atoms with van der Waals surface area (Å²) >= 11 is 1.03. The number of hydrogen-bond donors (Lipinski definition) is 1. The maximum Gasteiger partial charge on any atom is 0.286 e. The standard InChI is InChI=1S/C26H24N2O4S/c1-18(21-8-5-9-22(17-21)20-6-3-2-4-7-20)28-32-15-14-31-23-12-10-19(11-13-23)16-24-25(29)27-26(30)33-24/h2-13,17,24H,14-16H2,1H3,(H,27,29,30)/b28-18-. The number of thioether (sulfide) groups is 1. The zero-order valence-corrected chi connectivity index (χ0v) is 19.0. The van der Waals surface area contributed by atoms with Crippen molar-refractivity contribution in [2.45, 2.75) is 18.6 Å². The third-order valence-electron chi connectivity index (χ3n) is 5.14. The molecule has 3 aromatic rings. The van der Waals surface area contributed by atoms with E-state index in [4.69, 9.17) is 9.57 Å². The van der Waals surface area contributed by atoms with Crippen molar-refractivity contribution in [3.05, 3.63) is 90.0 Å². The highest BCUT2D eigenvalue weighted by Gasteiger charge is 2.31. The third-order valence-corrected chi connectivity index (χ3v) is 6.13. The van der Waals surface area contributed by atoms with Gasteiger partial charge in [-0.1, -0.05) is 77.6 Å². The van der Waals surface area contributed by atoms with Crippen LogP contribution in [0.15, 0.2) is 84.0 Å².